The van der Waals surface area contributed by atoms with Crippen molar-refractivity contribution in [1.29, 1.82) is 0 Å². The van der Waals surface area contributed by atoms with Crippen LogP contribution in [-0.4, -0.2) is 38.9 Å². The molecule has 1 aliphatic rings. The van der Waals surface area contributed by atoms with E-state index < -0.39 is 0 Å². The Morgan fingerprint density at radius 2 is 1.96 bits per heavy atom. The van der Waals surface area contributed by atoms with Crippen molar-refractivity contribution in [2.24, 2.45) is 5.92 Å². The zero-order valence-corrected chi connectivity index (χ0v) is 13.9. The third kappa shape index (κ3) is 3.31. The second-order valence-corrected chi connectivity index (χ2v) is 6.26. The van der Waals surface area contributed by atoms with Gasteiger partial charge in [0.15, 0.2) is 11.5 Å². The highest BCUT2D eigenvalue weighted by atomic mass is 16.1. The molecule has 0 saturated carbocycles. The van der Waals surface area contributed by atoms with Gasteiger partial charge in [0.1, 0.15) is 11.8 Å². The molecule has 0 bridgehead atoms. The van der Waals surface area contributed by atoms with Gasteiger partial charge in [-0.3, -0.25) is 4.79 Å². The topological polar surface area (TPSA) is 86.8 Å². The van der Waals surface area contributed by atoms with Crippen LogP contribution in [0.2, 0.25) is 0 Å². The van der Waals surface area contributed by atoms with E-state index in [0.717, 1.165) is 42.8 Å². The van der Waals surface area contributed by atoms with E-state index in [1.165, 1.54) is 6.33 Å². The summed E-state index contributed by atoms with van der Waals surface area (Å²) >= 11 is 0. The first-order chi connectivity index (χ1) is 12.3. The van der Waals surface area contributed by atoms with Gasteiger partial charge >= 0.3 is 0 Å². The second kappa shape index (κ2) is 6.88. The molecule has 1 fully saturated rings. The van der Waals surface area contributed by atoms with Gasteiger partial charge in [-0.15, -0.1) is 0 Å². The molecule has 128 valence electrons. The van der Waals surface area contributed by atoms with Crippen LogP contribution < -0.4 is 10.2 Å². The number of nitrogens with one attached hydrogen (secondary N) is 2. The van der Waals surface area contributed by atoms with E-state index in [4.69, 9.17) is 0 Å². The van der Waals surface area contributed by atoms with Crippen LogP contribution in [0.15, 0.2) is 43.0 Å². The molecule has 3 heterocycles. The van der Waals surface area contributed by atoms with Gasteiger partial charge in [0.2, 0.25) is 5.91 Å². The second-order valence-electron chi connectivity index (χ2n) is 6.26. The van der Waals surface area contributed by atoms with Gasteiger partial charge in [0.05, 0.1) is 6.33 Å². The van der Waals surface area contributed by atoms with E-state index in [0.29, 0.717) is 12.2 Å². The number of carbonyl (C=O) groups is 1. The van der Waals surface area contributed by atoms with Crippen molar-refractivity contribution in [2.45, 2.75) is 19.4 Å². The van der Waals surface area contributed by atoms with Crippen LogP contribution in [0.3, 0.4) is 0 Å². The fourth-order valence-corrected chi connectivity index (χ4v) is 3.27. The van der Waals surface area contributed by atoms with E-state index in [1.54, 1.807) is 6.33 Å². The van der Waals surface area contributed by atoms with Gasteiger partial charge in [-0.2, -0.15) is 0 Å². The number of piperidine rings is 1. The van der Waals surface area contributed by atoms with Gasteiger partial charge in [-0.05, 0) is 18.4 Å². The predicted octanol–water partition coefficient (Wildman–Crippen LogP) is 1.89. The molecule has 7 nitrogen and oxygen atoms in total. The standard InChI is InChI=1S/C18H20N6O/c25-18(19-10-13-4-2-1-3-5-13)14-6-8-24(9-7-14)17-15-16(21-11-20-15)22-12-23-17/h1-5,11-12,14H,6-10H2,(H,19,25)(H,20,21,22,23). The molecule has 25 heavy (non-hydrogen) atoms. The molecule has 2 aromatic heterocycles. The largest absolute Gasteiger partial charge is 0.355 e. The van der Waals surface area contributed by atoms with Crippen LogP contribution >= 0.6 is 0 Å². The van der Waals surface area contributed by atoms with E-state index in [1.807, 2.05) is 30.3 Å². The Hall–Kier alpha value is -2.96. The normalized spacial score (nSPS) is 15.4. The minimum atomic E-state index is 0.0547. The molecule has 1 amide bonds. The highest BCUT2D eigenvalue weighted by molar-refractivity contribution is 5.83. The Balaban J connectivity index is 1.35. The number of carbonyl (C=O) groups excluding carboxylic acids is 1. The lowest BCUT2D eigenvalue weighted by molar-refractivity contribution is -0.125. The average molecular weight is 336 g/mol. The number of hydrogen-bond acceptors (Lipinski definition) is 5. The van der Waals surface area contributed by atoms with Crippen LogP contribution in [0.1, 0.15) is 18.4 Å². The van der Waals surface area contributed by atoms with Crippen molar-refractivity contribution in [3.63, 3.8) is 0 Å². The summed E-state index contributed by atoms with van der Waals surface area (Å²) in [6, 6.07) is 9.99. The molecular weight excluding hydrogens is 316 g/mol. The number of anilines is 1. The average Bonchev–Trinajstić information content (AvgIpc) is 3.16. The lowest BCUT2D eigenvalue weighted by atomic mass is 9.95. The van der Waals surface area contributed by atoms with Crippen molar-refractivity contribution in [2.75, 3.05) is 18.0 Å². The summed E-state index contributed by atoms with van der Waals surface area (Å²) in [6.45, 7) is 2.18. The minimum absolute atomic E-state index is 0.0547. The fraction of sp³-hybridized carbons (Fsp3) is 0.333. The maximum absolute atomic E-state index is 12.4. The van der Waals surface area contributed by atoms with Gasteiger partial charge in [0, 0.05) is 25.6 Å². The van der Waals surface area contributed by atoms with E-state index in [2.05, 4.69) is 30.2 Å². The lowest BCUT2D eigenvalue weighted by Crippen LogP contribution is -2.40. The number of hydrogen-bond donors (Lipinski definition) is 2. The number of amides is 1. The third-order valence-electron chi connectivity index (χ3n) is 4.68. The SMILES string of the molecule is O=C(NCc1ccccc1)C1CCN(c2ncnc3nc[nH]c23)CC1. The number of nitrogens with zero attached hydrogens (tertiary/aromatic N) is 4. The van der Waals surface area contributed by atoms with Crippen LogP contribution in [0.5, 0.6) is 0 Å². The quantitative estimate of drug-likeness (QED) is 0.760. The summed E-state index contributed by atoms with van der Waals surface area (Å²) < 4.78 is 0. The van der Waals surface area contributed by atoms with Crippen LogP contribution in [0.4, 0.5) is 5.82 Å². The fourth-order valence-electron chi connectivity index (χ4n) is 3.27. The number of H-pyrrole nitrogens is 1. The zero-order valence-electron chi connectivity index (χ0n) is 13.9. The van der Waals surface area contributed by atoms with Crippen molar-refractivity contribution in [1.82, 2.24) is 25.3 Å². The van der Waals surface area contributed by atoms with Crippen molar-refractivity contribution in [3.05, 3.63) is 48.5 Å². The number of benzene rings is 1. The van der Waals surface area contributed by atoms with E-state index >= 15 is 0 Å². The molecule has 4 rings (SSSR count). The number of rotatable bonds is 4. The maximum Gasteiger partial charge on any atom is 0.223 e. The molecule has 1 aliphatic heterocycles. The highest BCUT2D eigenvalue weighted by Gasteiger charge is 2.26. The summed E-state index contributed by atoms with van der Waals surface area (Å²) in [7, 11) is 0. The first-order valence-electron chi connectivity index (χ1n) is 8.52. The molecule has 0 spiro atoms. The zero-order chi connectivity index (χ0) is 17.1. The van der Waals surface area contributed by atoms with E-state index in [9.17, 15) is 4.79 Å². The number of aromatic nitrogens is 4. The van der Waals surface area contributed by atoms with Gasteiger partial charge in [-0.25, -0.2) is 15.0 Å². The predicted molar refractivity (Wildman–Crippen MR) is 94.9 cm³/mol. The summed E-state index contributed by atoms with van der Waals surface area (Å²) in [5.41, 5.74) is 2.65. The van der Waals surface area contributed by atoms with Crippen LogP contribution in [-0.2, 0) is 11.3 Å². The van der Waals surface area contributed by atoms with Crippen molar-refractivity contribution >= 4 is 22.9 Å². The monoisotopic (exact) mass is 336 g/mol. The smallest absolute Gasteiger partial charge is 0.223 e. The molecule has 7 heteroatoms. The summed E-state index contributed by atoms with van der Waals surface area (Å²) in [6.07, 6.45) is 4.81. The Morgan fingerprint density at radius 1 is 1.16 bits per heavy atom. The molecule has 0 radical (unpaired) electrons. The van der Waals surface area contributed by atoms with Crippen LogP contribution in [0.25, 0.3) is 11.2 Å². The number of aromatic amines is 1. The Labute approximate surface area is 145 Å². The summed E-state index contributed by atoms with van der Waals surface area (Å²) in [5, 5.41) is 3.05. The Morgan fingerprint density at radius 3 is 2.76 bits per heavy atom. The summed E-state index contributed by atoms with van der Waals surface area (Å²) in [4.78, 5) is 30.4. The van der Waals surface area contributed by atoms with Gasteiger partial charge in [0.25, 0.3) is 0 Å². The van der Waals surface area contributed by atoms with Crippen molar-refractivity contribution in [3.8, 4) is 0 Å². The van der Waals surface area contributed by atoms with E-state index in [-0.39, 0.29) is 11.8 Å². The molecule has 0 aliphatic carbocycles. The molecule has 3 aromatic rings. The first kappa shape index (κ1) is 15.6. The molecule has 0 atom stereocenters. The Kier molecular flexibility index (Phi) is 4.28. The Bertz CT molecular complexity index is 854. The maximum atomic E-state index is 12.4. The van der Waals surface area contributed by atoms with Crippen molar-refractivity contribution < 1.29 is 4.79 Å². The van der Waals surface area contributed by atoms with Crippen LogP contribution in [0, 0.1) is 5.92 Å². The third-order valence-corrected chi connectivity index (χ3v) is 4.68. The summed E-state index contributed by atoms with van der Waals surface area (Å²) in [5.74, 6) is 1.06. The minimum Gasteiger partial charge on any atom is -0.355 e. The number of fused-ring (bicyclic) bond motifs is 1. The van der Waals surface area contributed by atoms with Gasteiger partial charge < -0.3 is 15.2 Å². The molecule has 1 aromatic carbocycles. The molecule has 0 unspecified atom stereocenters. The molecule has 1 saturated heterocycles. The highest BCUT2D eigenvalue weighted by Crippen LogP contribution is 2.25. The lowest BCUT2D eigenvalue weighted by Gasteiger charge is -2.32. The molecular formula is C18H20N6O. The number of imidazole rings is 1. The molecule has 2 N–H and O–H groups in total. The first-order valence-corrected chi connectivity index (χ1v) is 8.52. The van der Waals surface area contributed by atoms with Gasteiger partial charge in [-0.1, -0.05) is 30.3 Å².